The van der Waals surface area contributed by atoms with E-state index < -0.39 is 0 Å². The summed E-state index contributed by atoms with van der Waals surface area (Å²) in [5.41, 5.74) is 5.49. The van der Waals surface area contributed by atoms with Gasteiger partial charge in [-0.25, -0.2) is 0 Å². The van der Waals surface area contributed by atoms with Crippen molar-refractivity contribution in [1.29, 1.82) is 0 Å². The SMILES string of the molecule is C[C@H]1CC[C@H](CN)O[C@@H]1C. The van der Waals surface area contributed by atoms with Gasteiger partial charge in [0, 0.05) is 6.54 Å². The molecule has 0 aromatic carbocycles. The van der Waals surface area contributed by atoms with Gasteiger partial charge in [-0.3, -0.25) is 0 Å². The van der Waals surface area contributed by atoms with Gasteiger partial charge in [-0.15, -0.1) is 0 Å². The highest BCUT2D eigenvalue weighted by Gasteiger charge is 2.23. The van der Waals surface area contributed by atoms with Crippen LogP contribution in [0.1, 0.15) is 26.7 Å². The molecule has 2 N–H and O–H groups in total. The topological polar surface area (TPSA) is 35.2 Å². The van der Waals surface area contributed by atoms with Crippen molar-refractivity contribution in [1.82, 2.24) is 0 Å². The maximum absolute atomic E-state index is 5.62. The van der Waals surface area contributed by atoms with Crippen LogP contribution in [-0.4, -0.2) is 18.8 Å². The van der Waals surface area contributed by atoms with Crippen molar-refractivity contribution in [2.45, 2.75) is 38.9 Å². The van der Waals surface area contributed by atoms with E-state index in [1.807, 2.05) is 0 Å². The highest BCUT2D eigenvalue weighted by molar-refractivity contribution is 4.73. The van der Waals surface area contributed by atoms with Crippen LogP contribution in [0.25, 0.3) is 0 Å². The molecule has 1 aliphatic rings. The van der Waals surface area contributed by atoms with Gasteiger partial charge in [0.15, 0.2) is 0 Å². The summed E-state index contributed by atoms with van der Waals surface area (Å²) in [6.45, 7) is 5.04. The average molecular weight is 143 g/mol. The zero-order chi connectivity index (χ0) is 7.56. The molecule has 1 rings (SSSR count). The summed E-state index contributed by atoms with van der Waals surface area (Å²) in [6, 6.07) is 0. The Hall–Kier alpha value is -0.0800. The molecule has 0 spiro atoms. The van der Waals surface area contributed by atoms with Gasteiger partial charge >= 0.3 is 0 Å². The lowest BCUT2D eigenvalue weighted by Gasteiger charge is -2.31. The van der Waals surface area contributed by atoms with Gasteiger partial charge in [-0.05, 0) is 25.7 Å². The molecule has 0 amide bonds. The zero-order valence-corrected chi connectivity index (χ0v) is 6.84. The summed E-state index contributed by atoms with van der Waals surface area (Å²) in [7, 11) is 0. The van der Waals surface area contributed by atoms with Crippen molar-refractivity contribution >= 4 is 0 Å². The Morgan fingerprint density at radius 1 is 1.40 bits per heavy atom. The fraction of sp³-hybridized carbons (Fsp3) is 1.00. The minimum absolute atomic E-state index is 0.325. The first-order valence-corrected chi connectivity index (χ1v) is 4.09. The van der Waals surface area contributed by atoms with Gasteiger partial charge in [0.1, 0.15) is 0 Å². The van der Waals surface area contributed by atoms with Crippen molar-refractivity contribution in [2.75, 3.05) is 6.54 Å². The average Bonchev–Trinajstić information content (AvgIpc) is 1.95. The number of nitrogens with two attached hydrogens (primary N) is 1. The predicted octanol–water partition coefficient (Wildman–Crippen LogP) is 1.15. The fourth-order valence-corrected chi connectivity index (χ4v) is 1.36. The molecular weight excluding hydrogens is 126 g/mol. The highest BCUT2D eigenvalue weighted by Crippen LogP contribution is 2.23. The van der Waals surface area contributed by atoms with Crippen LogP contribution in [0.4, 0.5) is 0 Å². The Balaban J connectivity index is 2.33. The first-order valence-electron chi connectivity index (χ1n) is 4.09. The quantitative estimate of drug-likeness (QED) is 0.597. The third kappa shape index (κ3) is 1.70. The minimum Gasteiger partial charge on any atom is -0.374 e. The van der Waals surface area contributed by atoms with Crippen molar-refractivity contribution in [2.24, 2.45) is 11.7 Å². The van der Waals surface area contributed by atoms with Gasteiger partial charge in [0.25, 0.3) is 0 Å². The molecule has 2 nitrogen and oxygen atoms in total. The van der Waals surface area contributed by atoms with E-state index in [2.05, 4.69) is 13.8 Å². The van der Waals surface area contributed by atoms with Crippen LogP contribution >= 0.6 is 0 Å². The molecule has 1 fully saturated rings. The van der Waals surface area contributed by atoms with E-state index in [-0.39, 0.29) is 0 Å². The summed E-state index contributed by atoms with van der Waals surface area (Å²) in [5.74, 6) is 0.711. The standard InChI is InChI=1S/C8H17NO/c1-6-3-4-8(5-9)10-7(6)2/h6-8H,3-5,9H2,1-2H3/t6-,7+,8+/m0/s1. The maximum Gasteiger partial charge on any atom is 0.0701 e. The number of hydrogen-bond donors (Lipinski definition) is 1. The monoisotopic (exact) mass is 143 g/mol. The van der Waals surface area contributed by atoms with Crippen molar-refractivity contribution in [3.8, 4) is 0 Å². The van der Waals surface area contributed by atoms with E-state index in [1.54, 1.807) is 0 Å². The normalized spacial score (nSPS) is 41.7. The van der Waals surface area contributed by atoms with E-state index in [0.717, 1.165) is 6.42 Å². The molecule has 60 valence electrons. The number of rotatable bonds is 1. The van der Waals surface area contributed by atoms with Crippen LogP contribution in [-0.2, 0) is 4.74 Å². The van der Waals surface area contributed by atoms with Crippen LogP contribution in [0, 0.1) is 5.92 Å². The second kappa shape index (κ2) is 3.35. The molecule has 1 aliphatic heterocycles. The largest absolute Gasteiger partial charge is 0.374 e. The van der Waals surface area contributed by atoms with Crippen molar-refractivity contribution in [3.05, 3.63) is 0 Å². The molecule has 0 aliphatic carbocycles. The Morgan fingerprint density at radius 3 is 2.60 bits per heavy atom. The molecule has 0 radical (unpaired) electrons. The molecule has 0 aromatic rings. The van der Waals surface area contributed by atoms with Crippen LogP contribution in [0.15, 0.2) is 0 Å². The third-order valence-electron chi connectivity index (χ3n) is 2.42. The lowest BCUT2D eigenvalue weighted by Crippen LogP contribution is -2.35. The van der Waals surface area contributed by atoms with E-state index in [9.17, 15) is 0 Å². The number of hydrogen-bond acceptors (Lipinski definition) is 2. The summed E-state index contributed by atoms with van der Waals surface area (Å²) >= 11 is 0. The molecule has 0 saturated carbocycles. The Morgan fingerprint density at radius 2 is 2.10 bits per heavy atom. The number of ether oxygens (including phenoxy) is 1. The molecule has 3 atom stereocenters. The van der Waals surface area contributed by atoms with E-state index in [4.69, 9.17) is 10.5 Å². The van der Waals surface area contributed by atoms with Crippen molar-refractivity contribution < 1.29 is 4.74 Å². The van der Waals surface area contributed by atoms with Crippen LogP contribution < -0.4 is 5.73 Å². The lowest BCUT2D eigenvalue weighted by atomic mass is 9.94. The van der Waals surface area contributed by atoms with Gasteiger partial charge in [-0.2, -0.15) is 0 Å². The first kappa shape index (κ1) is 8.02. The van der Waals surface area contributed by atoms with E-state index >= 15 is 0 Å². The summed E-state index contributed by atoms with van der Waals surface area (Å²) in [5, 5.41) is 0. The summed E-state index contributed by atoms with van der Waals surface area (Å²) in [4.78, 5) is 0. The molecular formula is C8H17NO. The van der Waals surface area contributed by atoms with Gasteiger partial charge < -0.3 is 10.5 Å². The van der Waals surface area contributed by atoms with Crippen LogP contribution in [0.2, 0.25) is 0 Å². The van der Waals surface area contributed by atoms with Crippen LogP contribution in [0.5, 0.6) is 0 Å². The highest BCUT2D eigenvalue weighted by atomic mass is 16.5. The Kier molecular flexibility index (Phi) is 2.69. The van der Waals surface area contributed by atoms with Crippen LogP contribution in [0.3, 0.4) is 0 Å². The molecule has 0 aromatic heterocycles. The van der Waals surface area contributed by atoms with Gasteiger partial charge in [-0.1, -0.05) is 6.92 Å². The molecule has 2 heteroatoms. The second-order valence-electron chi connectivity index (χ2n) is 3.25. The van der Waals surface area contributed by atoms with Gasteiger partial charge in [0.05, 0.1) is 12.2 Å². The predicted molar refractivity (Wildman–Crippen MR) is 41.8 cm³/mol. The summed E-state index contributed by atoms with van der Waals surface area (Å²) in [6.07, 6.45) is 3.14. The maximum atomic E-state index is 5.62. The van der Waals surface area contributed by atoms with E-state index in [1.165, 1.54) is 6.42 Å². The molecule has 1 saturated heterocycles. The van der Waals surface area contributed by atoms with Crippen molar-refractivity contribution in [3.63, 3.8) is 0 Å². The summed E-state index contributed by atoms with van der Waals surface area (Å²) < 4.78 is 5.62. The minimum atomic E-state index is 0.325. The van der Waals surface area contributed by atoms with Gasteiger partial charge in [0.2, 0.25) is 0 Å². The Bertz CT molecular complexity index is 105. The fourth-order valence-electron chi connectivity index (χ4n) is 1.36. The molecule has 1 heterocycles. The lowest BCUT2D eigenvalue weighted by molar-refractivity contribution is -0.0636. The molecule has 0 unspecified atom stereocenters. The first-order chi connectivity index (χ1) is 4.74. The molecule has 10 heavy (non-hydrogen) atoms. The molecule has 0 bridgehead atoms. The smallest absolute Gasteiger partial charge is 0.0701 e. The van der Waals surface area contributed by atoms with E-state index in [0.29, 0.717) is 24.7 Å². The third-order valence-corrected chi connectivity index (χ3v) is 2.42. The Labute approximate surface area is 62.7 Å². The second-order valence-corrected chi connectivity index (χ2v) is 3.25. The zero-order valence-electron chi connectivity index (χ0n) is 6.84.